The Kier molecular flexibility index (Phi) is 5.64. The summed E-state index contributed by atoms with van der Waals surface area (Å²) in [6.45, 7) is 5.86. The molecule has 0 saturated heterocycles. The normalized spacial score (nSPS) is 11.8. The molecule has 2 aromatic carbocycles. The fourth-order valence-corrected chi connectivity index (χ4v) is 4.22. The molecule has 4 rings (SSSR count). The lowest BCUT2D eigenvalue weighted by Gasteiger charge is -2.20. The summed E-state index contributed by atoms with van der Waals surface area (Å²) in [7, 11) is -4.11. The van der Waals surface area contributed by atoms with Crippen LogP contribution in [0.2, 0.25) is 0 Å². The smallest absolute Gasteiger partial charge is 0.261 e. The molecule has 168 valence electrons. The molecule has 2 heterocycles. The first-order valence-corrected chi connectivity index (χ1v) is 11.5. The minimum Gasteiger partial charge on any atom is -0.277 e. The van der Waals surface area contributed by atoms with Crippen molar-refractivity contribution in [2.45, 2.75) is 31.1 Å². The van der Waals surface area contributed by atoms with Gasteiger partial charge in [0.15, 0.2) is 11.5 Å². The number of sulfonamides is 1. The highest BCUT2D eigenvalue weighted by Crippen LogP contribution is 2.27. The standard InChI is InChI=1S/C24H20F2N4O2S/c1-24(2,3)17-5-4-6-18(12-17)33(31,32)30-21-10-9-20(25)19(22(21)26)8-7-15-11-16-14-28-29-23(16)27-13-15/h4-6,9-14,30H,1-3H3,(H,27,28,29). The number of hydrogen-bond acceptors (Lipinski definition) is 4. The van der Waals surface area contributed by atoms with Crippen LogP contribution in [0.1, 0.15) is 37.5 Å². The monoisotopic (exact) mass is 466 g/mol. The highest BCUT2D eigenvalue weighted by atomic mass is 32.2. The molecule has 0 aliphatic heterocycles. The van der Waals surface area contributed by atoms with Crippen molar-refractivity contribution in [3.63, 3.8) is 0 Å². The van der Waals surface area contributed by atoms with Crippen LogP contribution < -0.4 is 4.72 Å². The van der Waals surface area contributed by atoms with Crippen LogP contribution in [0.3, 0.4) is 0 Å². The zero-order chi connectivity index (χ0) is 23.8. The lowest BCUT2D eigenvalue weighted by molar-refractivity contribution is 0.577. The molecule has 0 spiro atoms. The Bertz CT molecular complexity index is 1530. The Morgan fingerprint density at radius 1 is 1.03 bits per heavy atom. The van der Waals surface area contributed by atoms with E-state index >= 15 is 4.39 Å². The van der Waals surface area contributed by atoms with E-state index in [4.69, 9.17) is 0 Å². The van der Waals surface area contributed by atoms with Gasteiger partial charge in [-0.1, -0.05) is 44.7 Å². The van der Waals surface area contributed by atoms with E-state index in [9.17, 15) is 12.8 Å². The van der Waals surface area contributed by atoms with E-state index in [1.54, 1.807) is 18.3 Å². The third-order valence-corrected chi connectivity index (χ3v) is 6.33. The summed E-state index contributed by atoms with van der Waals surface area (Å²) in [4.78, 5) is 4.10. The predicted molar refractivity (Wildman–Crippen MR) is 122 cm³/mol. The Morgan fingerprint density at radius 2 is 1.82 bits per heavy atom. The Balaban J connectivity index is 1.67. The molecule has 0 unspecified atom stereocenters. The molecular formula is C24H20F2N4O2S. The number of aromatic nitrogens is 3. The largest absolute Gasteiger partial charge is 0.277 e. The van der Waals surface area contributed by atoms with Gasteiger partial charge in [0.05, 0.1) is 22.3 Å². The molecule has 4 aromatic rings. The number of pyridine rings is 1. The molecule has 0 atom stereocenters. The molecular weight excluding hydrogens is 446 g/mol. The third-order valence-electron chi connectivity index (χ3n) is 4.97. The van der Waals surface area contributed by atoms with Crippen molar-refractivity contribution in [2.24, 2.45) is 0 Å². The highest BCUT2D eigenvalue weighted by molar-refractivity contribution is 7.92. The summed E-state index contributed by atoms with van der Waals surface area (Å²) in [6, 6.07) is 10.1. The number of halogens is 2. The zero-order valence-electron chi connectivity index (χ0n) is 18.1. The molecule has 0 aliphatic carbocycles. The minimum atomic E-state index is -4.11. The molecule has 2 aromatic heterocycles. The summed E-state index contributed by atoms with van der Waals surface area (Å²) in [5, 5.41) is 7.25. The van der Waals surface area contributed by atoms with Gasteiger partial charge < -0.3 is 0 Å². The summed E-state index contributed by atoms with van der Waals surface area (Å²) in [5.41, 5.74) is 0.567. The van der Waals surface area contributed by atoms with Crippen LogP contribution in [0, 0.1) is 23.5 Å². The third kappa shape index (κ3) is 4.71. The molecule has 0 fully saturated rings. The molecule has 0 saturated carbocycles. The average Bonchev–Trinajstić information content (AvgIpc) is 3.23. The van der Waals surface area contributed by atoms with Gasteiger partial charge in [0.2, 0.25) is 0 Å². The summed E-state index contributed by atoms with van der Waals surface area (Å²) >= 11 is 0. The van der Waals surface area contributed by atoms with E-state index in [0.717, 1.165) is 17.7 Å². The fourth-order valence-electron chi connectivity index (χ4n) is 3.12. The first kappa shape index (κ1) is 22.4. The topological polar surface area (TPSA) is 87.7 Å². The van der Waals surface area contributed by atoms with Gasteiger partial charge in [0.25, 0.3) is 10.0 Å². The van der Waals surface area contributed by atoms with Crippen LogP contribution in [0.15, 0.2) is 59.8 Å². The Labute approximate surface area is 190 Å². The number of aromatic amines is 1. The van der Waals surface area contributed by atoms with E-state index in [-0.39, 0.29) is 10.3 Å². The van der Waals surface area contributed by atoms with Gasteiger partial charge in [-0.2, -0.15) is 5.10 Å². The summed E-state index contributed by atoms with van der Waals surface area (Å²) in [6.07, 6.45) is 3.00. The maximum Gasteiger partial charge on any atom is 0.261 e. The lowest BCUT2D eigenvalue weighted by atomic mass is 9.87. The fraction of sp³-hybridized carbons (Fsp3) is 0.167. The molecule has 0 aliphatic rings. The van der Waals surface area contributed by atoms with Crippen LogP contribution in [0.5, 0.6) is 0 Å². The zero-order valence-corrected chi connectivity index (χ0v) is 18.9. The van der Waals surface area contributed by atoms with Crippen molar-refractivity contribution in [1.82, 2.24) is 15.2 Å². The number of nitrogens with zero attached hydrogens (tertiary/aromatic N) is 2. The van der Waals surface area contributed by atoms with Gasteiger partial charge in [0, 0.05) is 17.1 Å². The number of hydrogen-bond donors (Lipinski definition) is 2. The maximum absolute atomic E-state index is 15.1. The van der Waals surface area contributed by atoms with Gasteiger partial charge in [-0.25, -0.2) is 22.2 Å². The van der Waals surface area contributed by atoms with E-state index < -0.39 is 32.9 Å². The first-order chi connectivity index (χ1) is 15.5. The van der Waals surface area contributed by atoms with Gasteiger partial charge in [-0.3, -0.25) is 9.82 Å². The van der Waals surface area contributed by atoms with Crippen molar-refractivity contribution in [3.05, 3.63) is 83.2 Å². The van der Waals surface area contributed by atoms with Crippen LogP contribution >= 0.6 is 0 Å². The summed E-state index contributed by atoms with van der Waals surface area (Å²) in [5.74, 6) is 3.09. The number of anilines is 1. The molecule has 0 radical (unpaired) electrons. The number of rotatable bonds is 3. The summed E-state index contributed by atoms with van der Waals surface area (Å²) < 4.78 is 57.4. The second kappa shape index (κ2) is 8.30. The average molecular weight is 467 g/mol. The number of H-pyrrole nitrogens is 1. The van der Waals surface area contributed by atoms with Crippen LogP contribution in [-0.2, 0) is 15.4 Å². The Hall–Kier alpha value is -3.77. The second-order valence-corrected chi connectivity index (χ2v) is 10.1. The molecule has 9 heteroatoms. The van der Waals surface area contributed by atoms with Crippen molar-refractivity contribution in [1.29, 1.82) is 0 Å². The molecule has 0 amide bonds. The van der Waals surface area contributed by atoms with Crippen LogP contribution in [0.4, 0.5) is 14.5 Å². The number of fused-ring (bicyclic) bond motifs is 1. The van der Waals surface area contributed by atoms with Gasteiger partial charge in [-0.15, -0.1) is 0 Å². The van der Waals surface area contributed by atoms with Crippen molar-refractivity contribution in [2.75, 3.05) is 4.72 Å². The van der Waals surface area contributed by atoms with E-state index in [2.05, 4.69) is 31.7 Å². The van der Waals surface area contributed by atoms with Gasteiger partial charge in [0.1, 0.15) is 5.82 Å². The molecule has 33 heavy (non-hydrogen) atoms. The molecule has 2 N–H and O–H groups in total. The number of nitrogens with one attached hydrogen (secondary N) is 2. The first-order valence-electron chi connectivity index (χ1n) is 9.97. The van der Waals surface area contributed by atoms with Crippen molar-refractivity contribution in [3.8, 4) is 11.8 Å². The van der Waals surface area contributed by atoms with Crippen molar-refractivity contribution < 1.29 is 17.2 Å². The van der Waals surface area contributed by atoms with E-state index in [1.165, 1.54) is 18.3 Å². The van der Waals surface area contributed by atoms with Crippen LogP contribution in [-0.4, -0.2) is 23.6 Å². The quantitative estimate of drug-likeness (QED) is 0.427. The lowest BCUT2D eigenvalue weighted by Crippen LogP contribution is -2.17. The van der Waals surface area contributed by atoms with E-state index in [0.29, 0.717) is 16.6 Å². The number of benzene rings is 2. The van der Waals surface area contributed by atoms with Crippen molar-refractivity contribution >= 4 is 26.7 Å². The Morgan fingerprint density at radius 3 is 2.58 bits per heavy atom. The minimum absolute atomic E-state index is 0.0224. The van der Waals surface area contributed by atoms with Gasteiger partial charge in [-0.05, 0) is 41.3 Å². The van der Waals surface area contributed by atoms with E-state index in [1.807, 2.05) is 26.8 Å². The second-order valence-electron chi connectivity index (χ2n) is 8.45. The molecule has 0 bridgehead atoms. The predicted octanol–water partition coefficient (Wildman–Crippen LogP) is 4.73. The maximum atomic E-state index is 15.1. The van der Waals surface area contributed by atoms with Crippen LogP contribution in [0.25, 0.3) is 11.0 Å². The van der Waals surface area contributed by atoms with Gasteiger partial charge >= 0.3 is 0 Å². The highest BCUT2D eigenvalue weighted by Gasteiger charge is 2.22. The molecule has 6 nitrogen and oxygen atoms in total. The SMILES string of the molecule is CC(C)(C)c1cccc(S(=O)(=O)Nc2ccc(F)c(C#Cc3cnc4[nH]ncc4c3)c2F)c1.